The van der Waals surface area contributed by atoms with Gasteiger partial charge in [-0.3, -0.25) is 4.79 Å². The molecule has 0 aromatic heterocycles. The number of unbranched alkanes of at least 4 members (excludes halogenated alkanes) is 1. The van der Waals surface area contributed by atoms with E-state index in [0.29, 0.717) is 6.42 Å². The monoisotopic (exact) mass is 172 g/mol. The Hall–Kier alpha value is -0.570. The van der Waals surface area contributed by atoms with Crippen molar-refractivity contribution in [2.75, 3.05) is 6.61 Å². The van der Waals surface area contributed by atoms with Crippen molar-refractivity contribution in [2.45, 2.75) is 44.6 Å². The van der Waals surface area contributed by atoms with Crippen LogP contribution in [0.25, 0.3) is 0 Å². The largest absolute Gasteiger partial charge is 0.462 e. The molecule has 70 valence electrons. The van der Waals surface area contributed by atoms with E-state index in [4.69, 9.17) is 9.84 Å². The maximum absolute atomic E-state index is 10.8. The van der Waals surface area contributed by atoms with Crippen molar-refractivity contribution >= 4 is 5.97 Å². The Morgan fingerprint density at radius 3 is 3.00 bits per heavy atom. The zero-order chi connectivity index (χ0) is 8.81. The van der Waals surface area contributed by atoms with E-state index >= 15 is 0 Å². The fourth-order valence-electron chi connectivity index (χ4n) is 1.46. The summed E-state index contributed by atoms with van der Waals surface area (Å²) in [6.07, 6.45) is 5.34. The van der Waals surface area contributed by atoms with Crippen molar-refractivity contribution in [1.29, 1.82) is 0 Å². The summed E-state index contributed by atoms with van der Waals surface area (Å²) in [6, 6.07) is 0. The third-order valence-electron chi connectivity index (χ3n) is 2.14. The smallest absolute Gasteiger partial charge is 0.306 e. The number of ether oxygens (including phenoxy) is 1. The van der Waals surface area contributed by atoms with E-state index in [0.717, 1.165) is 32.1 Å². The summed E-state index contributed by atoms with van der Waals surface area (Å²) >= 11 is 0. The average Bonchev–Trinajstić information content (AvgIpc) is 2.05. The Labute approximate surface area is 72.7 Å². The van der Waals surface area contributed by atoms with Crippen LogP contribution in [0.5, 0.6) is 0 Å². The number of hydrogen-bond acceptors (Lipinski definition) is 3. The lowest BCUT2D eigenvalue weighted by atomic mass is 10.0. The molecular weight excluding hydrogens is 156 g/mol. The first-order valence-electron chi connectivity index (χ1n) is 4.63. The van der Waals surface area contributed by atoms with Gasteiger partial charge < -0.3 is 9.84 Å². The first kappa shape index (κ1) is 9.52. The van der Waals surface area contributed by atoms with Gasteiger partial charge in [0.1, 0.15) is 6.10 Å². The van der Waals surface area contributed by atoms with E-state index in [2.05, 4.69) is 0 Å². The number of carbonyl (C=O) groups excluding carboxylic acids is 1. The van der Waals surface area contributed by atoms with Crippen molar-refractivity contribution in [2.24, 2.45) is 0 Å². The van der Waals surface area contributed by atoms with E-state index in [1.807, 2.05) is 0 Å². The lowest BCUT2D eigenvalue weighted by Gasteiger charge is -2.21. The average molecular weight is 172 g/mol. The maximum Gasteiger partial charge on any atom is 0.306 e. The Balaban J connectivity index is 2.10. The molecule has 1 rings (SSSR count). The fourth-order valence-corrected chi connectivity index (χ4v) is 1.46. The molecule has 0 bridgehead atoms. The highest BCUT2D eigenvalue weighted by atomic mass is 16.5. The normalized spacial score (nSPS) is 23.8. The molecule has 1 aliphatic rings. The van der Waals surface area contributed by atoms with E-state index < -0.39 is 0 Å². The molecule has 0 spiro atoms. The number of aliphatic hydroxyl groups excluding tert-OH is 1. The maximum atomic E-state index is 10.8. The van der Waals surface area contributed by atoms with Crippen LogP contribution in [0.3, 0.4) is 0 Å². The molecule has 12 heavy (non-hydrogen) atoms. The fraction of sp³-hybridized carbons (Fsp3) is 0.889. The summed E-state index contributed by atoms with van der Waals surface area (Å²) in [5, 5.41) is 8.54. The highest BCUT2D eigenvalue weighted by molar-refractivity contribution is 5.70. The van der Waals surface area contributed by atoms with Gasteiger partial charge in [-0.2, -0.15) is 0 Å². The van der Waals surface area contributed by atoms with Gasteiger partial charge in [0.25, 0.3) is 0 Å². The predicted octanol–water partition coefficient (Wildman–Crippen LogP) is 1.24. The van der Waals surface area contributed by atoms with Crippen LogP contribution < -0.4 is 0 Å². The Morgan fingerprint density at radius 1 is 1.50 bits per heavy atom. The predicted molar refractivity (Wildman–Crippen MR) is 44.7 cm³/mol. The number of cyclic esters (lactones) is 1. The molecule has 3 heteroatoms. The number of esters is 1. The lowest BCUT2D eigenvalue weighted by molar-refractivity contribution is -0.154. The van der Waals surface area contributed by atoms with Crippen molar-refractivity contribution in [3.8, 4) is 0 Å². The Kier molecular flexibility index (Phi) is 4.08. The molecule has 0 aromatic carbocycles. The molecule has 1 N–H and O–H groups in total. The number of aliphatic hydroxyl groups is 1. The molecule has 0 aromatic rings. The Bertz CT molecular complexity index is 145. The molecule has 1 aliphatic heterocycles. The molecule has 1 fully saturated rings. The van der Waals surface area contributed by atoms with Gasteiger partial charge in [-0.25, -0.2) is 0 Å². The summed E-state index contributed by atoms with van der Waals surface area (Å²) in [6.45, 7) is 0.237. The number of rotatable bonds is 4. The highest BCUT2D eigenvalue weighted by Gasteiger charge is 2.19. The standard InChI is InChI=1S/C9H16O3/c10-7-2-1-4-8-5-3-6-9(11)12-8/h8,10H,1-7H2/t8-/m1/s1. The van der Waals surface area contributed by atoms with Gasteiger partial charge in [0.15, 0.2) is 0 Å². The summed E-state index contributed by atoms with van der Waals surface area (Å²) in [5.41, 5.74) is 0. The topological polar surface area (TPSA) is 46.5 Å². The van der Waals surface area contributed by atoms with Crippen molar-refractivity contribution in [1.82, 2.24) is 0 Å². The van der Waals surface area contributed by atoms with Crippen molar-refractivity contribution < 1.29 is 14.6 Å². The molecule has 0 radical (unpaired) electrons. The van der Waals surface area contributed by atoms with Crippen LogP contribution >= 0.6 is 0 Å². The third-order valence-corrected chi connectivity index (χ3v) is 2.14. The SMILES string of the molecule is O=C1CCC[C@@H](CCCCO)O1. The highest BCUT2D eigenvalue weighted by Crippen LogP contribution is 2.18. The van der Waals surface area contributed by atoms with Gasteiger partial charge in [-0.1, -0.05) is 0 Å². The van der Waals surface area contributed by atoms with Crippen LogP contribution in [-0.4, -0.2) is 23.8 Å². The zero-order valence-corrected chi connectivity index (χ0v) is 7.29. The summed E-state index contributed by atoms with van der Waals surface area (Å²) in [5.74, 6) is -0.0600. The van der Waals surface area contributed by atoms with Crippen LogP contribution in [0.2, 0.25) is 0 Å². The number of carbonyl (C=O) groups is 1. The second kappa shape index (κ2) is 5.14. The van der Waals surface area contributed by atoms with Gasteiger partial charge in [-0.15, -0.1) is 0 Å². The van der Waals surface area contributed by atoms with Gasteiger partial charge in [0.05, 0.1) is 0 Å². The minimum absolute atomic E-state index is 0.0600. The van der Waals surface area contributed by atoms with Crippen LogP contribution in [0.15, 0.2) is 0 Å². The van der Waals surface area contributed by atoms with E-state index in [1.54, 1.807) is 0 Å². The minimum atomic E-state index is -0.0600. The van der Waals surface area contributed by atoms with Crippen molar-refractivity contribution in [3.63, 3.8) is 0 Å². The molecule has 0 aliphatic carbocycles. The lowest BCUT2D eigenvalue weighted by Crippen LogP contribution is -2.23. The summed E-state index contributed by atoms with van der Waals surface area (Å²) < 4.78 is 5.11. The molecule has 0 saturated carbocycles. The summed E-state index contributed by atoms with van der Waals surface area (Å²) in [4.78, 5) is 10.8. The molecule has 0 unspecified atom stereocenters. The zero-order valence-electron chi connectivity index (χ0n) is 7.29. The first-order valence-corrected chi connectivity index (χ1v) is 4.63. The molecule has 1 heterocycles. The van der Waals surface area contributed by atoms with E-state index in [-0.39, 0.29) is 18.7 Å². The van der Waals surface area contributed by atoms with Crippen LogP contribution in [0.4, 0.5) is 0 Å². The van der Waals surface area contributed by atoms with Gasteiger partial charge in [-0.05, 0) is 32.1 Å². The first-order chi connectivity index (χ1) is 5.83. The Morgan fingerprint density at radius 2 is 2.33 bits per heavy atom. The van der Waals surface area contributed by atoms with Crippen molar-refractivity contribution in [3.05, 3.63) is 0 Å². The molecular formula is C9H16O3. The van der Waals surface area contributed by atoms with Gasteiger partial charge in [0, 0.05) is 13.0 Å². The van der Waals surface area contributed by atoms with Gasteiger partial charge >= 0.3 is 5.97 Å². The minimum Gasteiger partial charge on any atom is -0.462 e. The second-order valence-electron chi connectivity index (χ2n) is 3.22. The molecule has 1 saturated heterocycles. The molecule has 1 atom stereocenters. The molecule has 0 amide bonds. The van der Waals surface area contributed by atoms with Crippen LogP contribution in [0.1, 0.15) is 38.5 Å². The number of hydrogen-bond donors (Lipinski definition) is 1. The van der Waals surface area contributed by atoms with Crippen LogP contribution in [-0.2, 0) is 9.53 Å². The van der Waals surface area contributed by atoms with Gasteiger partial charge in [0.2, 0.25) is 0 Å². The quantitative estimate of drug-likeness (QED) is 0.512. The molecule has 3 nitrogen and oxygen atoms in total. The third kappa shape index (κ3) is 3.22. The van der Waals surface area contributed by atoms with E-state index in [1.165, 1.54) is 0 Å². The van der Waals surface area contributed by atoms with Crippen LogP contribution in [0, 0.1) is 0 Å². The second-order valence-corrected chi connectivity index (χ2v) is 3.22. The van der Waals surface area contributed by atoms with E-state index in [9.17, 15) is 4.79 Å². The summed E-state index contributed by atoms with van der Waals surface area (Å²) in [7, 11) is 0.